The number of nitrogens with one attached hydrogen (secondary N) is 1. The van der Waals surface area contributed by atoms with Crippen LogP contribution < -0.4 is 5.32 Å². The summed E-state index contributed by atoms with van der Waals surface area (Å²) in [7, 11) is 1.73. The van der Waals surface area contributed by atoms with Crippen molar-refractivity contribution in [1.82, 2.24) is 9.80 Å². The van der Waals surface area contributed by atoms with E-state index in [2.05, 4.69) is 16.3 Å². The van der Waals surface area contributed by atoms with E-state index < -0.39 is 0 Å². The van der Waals surface area contributed by atoms with Gasteiger partial charge in [0.25, 0.3) is 5.91 Å². The summed E-state index contributed by atoms with van der Waals surface area (Å²) < 4.78 is 5.14. The van der Waals surface area contributed by atoms with E-state index in [0.717, 1.165) is 64.3 Å². The fourth-order valence-corrected chi connectivity index (χ4v) is 3.24. The summed E-state index contributed by atoms with van der Waals surface area (Å²) in [5, 5.41) is 3.34. The van der Waals surface area contributed by atoms with Gasteiger partial charge < -0.3 is 15.0 Å². The van der Waals surface area contributed by atoms with Gasteiger partial charge in [0.15, 0.2) is 0 Å². The standard InChI is InChI=1S/C17H25N3O2/c1-22-12-11-19-7-2-8-20(10-9-19)17(21)15-3-4-16-14(13-15)5-6-18-16/h3-4,13,18H,2,5-12H2,1H3. The van der Waals surface area contributed by atoms with Gasteiger partial charge >= 0.3 is 0 Å². The predicted octanol–water partition coefficient (Wildman–Crippen LogP) is 1.45. The van der Waals surface area contributed by atoms with Crippen LogP contribution in [0.4, 0.5) is 5.69 Å². The van der Waals surface area contributed by atoms with Crippen LogP contribution in [0.1, 0.15) is 22.3 Å². The van der Waals surface area contributed by atoms with Crippen molar-refractivity contribution in [2.75, 3.05) is 58.3 Å². The van der Waals surface area contributed by atoms with E-state index in [4.69, 9.17) is 4.74 Å². The van der Waals surface area contributed by atoms with E-state index in [1.165, 1.54) is 11.3 Å². The van der Waals surface area contributed by atoms with Crippen LogP contribution in [-0.2, 0) is 11.2 Å². The lowest BCUT2D eigenvalue weighted by atomic mass is 10.1. The van der Waals surface area contributed by atoms with Crippen LogP contribution >= 0.6 is 0 Å². The number of carbonyl (C=O) groups is 1. The first kappa shape index (κ1) is 15.3. The molecule has 1 aromatic carbocycles. The van der Waals surface area contributed by atoms with E-state index >= 15 is 0 Å². The number of carbonyl (C=O) groups excluding carboxylic acids is 1. The van der Waals surface area contributed by atoms with Crippen LogP contribution in [0.3, 0.4) is 0 Å². The molecule has 0 radical (unpaired) electrons. The first-order valence-electron chi connectivity index (χ1n) is 8.15. The van der Waals surface area contributed by atoms with E-state index in [9.17, 15) is 4.79 Å². The average Bonchev–Trinajstić information content (AvgIpc) is 2.89. The second-order valence-corrected chi connectivity index (χ2v) is 6.03. The highest BCUT2D eigenvalue weighted by Gasteiger charge is 2.21. The minimum Gasteiger partial charge on any atom is -0.384 e. The molecule has 0 bridgehead atoms. The van der Waals surface area contributed by atoms with Gasteiger partial charge in [0, 0.05) is 51.1 Å². The van der Waals surface area contributed by atoms with Crippen molar-refractivity contribution in [1.29, 1.82) is 0 Å². The van der Waals surface area contributed by atoms with Gasteiger partial charge in [-0.25, -0.2) is 0 Å². The van der Waals surface area contributed by atoms with Crippen molar-refractivity contribution in [3.05, 3.63) is 29.3 Å². The summed E-state index contributed by atoms with van der Waals surface area (Å²) in [6.07, 6.45) is 2.04. The molecule has 0 aliphatic carbocycles. The number of anilines is 1. The molecule has 3 rings (SSSR count). The number of amides is 1. The monoisotopic (exact) mass is 303 g/mol. The minimum atomic E-state index is 0.170. The van der Waals surface area contributed by atoms with Crippen molar-refractivity contribution in [3.8, 4) is 0 Å². The molecule has 0 aromatic heterocycles. The van der Waals surface area contributed by atoms with E-state index in [1.807, 2.05) is 17.0 Å². The maximum Gasteiger partial charge on any atom is 0.253 e. The topological polar surface area (TPSA) is 44.8 Å². The molecule has 0 spiro atoms. The number of methoxy groups -OCH3 is 1. The highest BCUT2D eigenvalue weighted by Crippen LogP contribution is 2.23. The summed E-state index contributed by atoms with van der Waals surface area (Å²) in [6, 6.07) is 6.05. The molecule has 1 N–H and O–H groups in total. The zero-order valence-electron chi connectivity index (χ0n) is 13.3. The Bertz CT molecular complexity index is 533. The Morgan fingerprint density at radius 2 is 2.18 bits per heavy atom. The first-order valence-corrected chi connectivity index (χ1v) is 8.15. The largest absolute Gasteiger partial charge is 0.384 e. The number of hydrogen-bond acceptors (Lipinski definition) is 4. The molecule has 2 heterocycles. The van der Waals surface area contributed by atoms with Gasteiger partial charge in [-0.1, -0.05) is 0 Å². The van der Waals surface area contributed by atoms with Crippen molar-refractivity contribution < 1.29 is 9.53 Å². The summed E-state index contributed by atoms with van der Waals surface area (Å²) in [4.78, 5) is 17.1. The Labute approximate surface area is 132 Å². The SMILES string of the molecule is COCCN1CCCN(C(=O)c2ccc3c(c2)CCN3)CC1. The molecule has 0 unspecified atom stereocenters. The van der Waals surface area contributed by atoms with Crippen LogP contribution in [0.15, 0.2) is 18.2 Å². The van der Waals surface area contributed by atoms with Crippen LogP contribution in [0.25, 0.3) is 0 Å². The fraction of sp³-hybridized carbons (Fsp3) is 0.588. The zero-order valence-corrected chi connectivity index (χ0v) is 13.3. The van der Waals surface area contributed by atoms with Gasteiger partial charge in [0.05, 0.1) is 6.61 Å². The summed E-state index contributed by atoms with van der Waals surface area (Å²) in [6.45, 7) is 6.30. The molecule has 1 amide bonds. The van der Waals surface area contributed by atoms with Crippen molar-refractivity contribution in [2.24, 2.45) is 0 Å². The number of nitrogens with zero attached hydrogens (tertiary/aromatic N) is 2. The first-order chi connectivity index (χ1) is 10.8. The van der Waals surface area contributed by atoms with Gasteiger partial charge in [-0.05, 0) is 43.1 Å². The quantitative estimate of drug-likeness (QED) is 0.914. The molecular formula is C17H25N3O2. The predicted molar refractivity (Wildman–Crippen MR) is 87.5 cm³/mol. The average molecular weight is 303 g/mol. The molecule has 0 saturated carbocycles. The maximum absolute atomic E-state index is 12.7. The Kier molecular flexibility index (Phi) is 4.95. The molecule has 1 fully saturated rings. The molecule has 2 aliphatic rings. The molecule has 2 aliphatic heterocycles. The molecule has 0 atom stereocenters. The summed E-state index contributed by atoms with van der Waals surface area (Å²) in [5.41, 5.74) is 3.27. The zero-order chi connectivity index (χ0) is 15.4. The van der Waals surface area contributed by atoms with E-state index in [0.29, 0.717) is 0 Å². The van der Waals surface area contributed by atoms with Crippen LogP contribution in [0.5, 0.6) is 0 Å². The van der Waals surface area contributed by atoms with Gasteiger partial charge in [-0.2, -0.15) is 0 Å². The Morgan fingerprint density at radius 3 is 3.05 bits per heavy atom. The normalized spacial score (nSPS) is 18.7. The third kappa shape index (κ3) is 3.42. The molecule has 120 valence electrons. The van der Waals surface area contributed by atoms with Gasteiger partial charge in [0.1, 0.15) is 0 Å². The Hall–Kier alpha value is -1.59. The molecule has 1 aromatic rings. The Morgan fingerprint density at radius 1 is 1.27 bits per heavy atom. The molecule has 1 saturated heterocycles. The number of hydrogen-bond donors (Lipinski definition) is 1. The van der Waals surface area contributed by atoms with Crippen molar-refractivity contribution in [3.63, 3.8) is 0 Å². The smallest absolute Gasteiger partial charge is 0.253 e. The fourth-order valence-electron chi connectivity index (χ4n) is 3.24. The van der Waals surface area contributed by atoms with E-state index in [-0.39, 0.29) is 5.91 Å². The third-order valence-corrected chi connectivity index (χ3v) is 4.55. The highest BCUT2D eigenvalue weighted by molar-refractivity contribution is 5.95. The Balaban J connectivity index is 1.62. The second kappa shape index (κ2) is 7.11. The van der Waals surface area contributed by atoms with Crippen LogP contribution in [0.2, 0.25) is 0 Å². The lowest BCUT2D eigenvalue weighted by Gasteiger charge is -2.22. The van der Waals surface area contributed by atoms with Crippen molar-refractivity contribution >= 4 is 11.6 Å². The number of ether oxygens (including phenoxy) is 1. The summed E-state index contributed by atoms with van der Waals surface area (Å²) >= 11 is 0. The van der Waals surface area contributed by atoms with Crippen molar-refractivity contribution in [2.45, 2.75) is 12.8 Å². The van der Waals surface area contributed by atoms with Crippen LogP contribution in [0, 0.1) is 0 Å². The van der Waals surface area contributed by atoms with Gasteiger partial charge in [-0.3, -0.25) is 9.69 Å². The number of rotatable bonds is 4. The molecule has 5 nitrogen and oxygen atoms in total. The summed E-state index contributed by atoms with van der Waals surface area (Å²) in [5.74, 6) is 0.170. The second-order valence-electron chi connectivity index (χ2n) is 6.03. The maximum atomic E-state index is 12.7. The van der Waals surface area contributed by atoms with Crippen LogP contribution in [-0.4, -0.2) is 68.7 Å². The van der Waals surface area contributed by atoms with Gasteiger partial charge in [-0.15, -0.1) is 0 Å². The molecule has 22 heavy (non-hydrogen) atoms. The number of fused-ring (bicyclic) bond motifs is 1. The number of benzene rings is 1. The molecular weight excluding hydrogens is 278 g/mol. The third-order valence-electron chi connectivity index (χ3n) is 4.55. The lowest BCUT2D eigenvalue weighted by Crippen LogP contribution is -2.36. The van der Waals surface area contributed by atoms with Gasteiger partial charge in [0.2, 0.25) is 0 Å². The lowest BCUT2D eigenvalue weighted by molar-refractivity contribution is 0.0759. The molecule has 5 heteroatoms. The van der Waals surface area contributed by atoms with E-state index in [1.54, 1.807) is 7.11 Å². The highest BCUT2D eigenvalue weighted by atomic mass is 16.5. The minimum absolute atomic E-state index is 0.170.